The molecule has 13 nitrogen and oxygen atoms in total. The molecule has 1 heterocycles. The summed E-state index contributed by atoms with van der Waals surface area (Å²) in [6, 6.07) is 36.2. The molecule has 0 aromatic heterocycles. The summed E-state index contributed by atoms with van der Waals surface area (Å²) in [6.07, 6.45) is -12.9. The van der Waals surface area contributed by atoms with E-state index in [-0.39, 0.29) is 26.4 Å². The van der Waals surface area contributed by atoms with Gasteiger partial charge in [-0.25, -0.2) is 0 Å². The minimum absolute atomic E-state index is 0.0499. The lowest BCUT2D eigenvalue weighted by atomic mass is 9.83. The second kappa shape index (κ2) is 19.2. The Morgan fingerprint density at radius 1 is 0.528 bits per heavy atom. The van der Waals surface area contributed by atoms with Crippen LogP contribution < -0.4 is 0 Å². The fourth-order valence-electron chi connectivity index (χ4n) is 6.65. The molecule has 0 unspecified atom stereocenters. The molecule has 13 heteroatoms. The van der Waals surface area contributed by atoms with Crippen molar-refractivity contribution >= 4 is 0 Å². The van der Waals surface area contributed by atoms with E-state index >= 15 is 0 Å². The Morgan fingerprint density at radius 2 is 0.906 bits per heavy atom. The van der Waals surface area contributed by atoms with E-state index in [0.717, 1.165) is 22.3 Å². The number of aliphatic hydroxyl groups is 4. The van der Waals surface area contributed by atoms with Crippen molar-refractivity contribution in [2.24, 2.45) is 5.11 Å². The molecule has 2 aliphatic rings. The van der Waals surface area contributed by atoms with Crippen molar-refractivity contribution in [2.75, 3.05) is 6.61 Å². The number of hydrogen-bond acceptors (Lipinski definition) is 11. The highest BCUT2D eigenvalue weighted by molar-refractivity contribution is 5.17. The average Bonchev–Trinajstić information content (AvgIpc) is 3.20. The van der Waals surface area contributed by atoms with Gasteiger partial charge in [-0.1, -0.05) is 126 Å². The van der Waals surface area contributed by atoms with Crippen LogP contribution in [0.1, 0.15) is 22.3 Å². The maximum absolute atomic E-state index is 11.8. The lowest BCUT2D eigenvalue weighted by Gasteiger charge is -2.49. The summed E-state index contributed by atoms with van der Waals surface area (Å²) in [5.41, 5.74) is 13.0. The molecule has 0 bridgehead atoms. The van der Waals surface area contributed by atoms with Crippen molar-refractivity contribution in [1.82, 2.24) is 0 Å². The highest BCUT2D eigenvalue weighted by Gasteiger charge is 2.55. The van der Waals surface area contributed by atoms with Crippen LogP contribution in [0, 0.1) is 0 Å². The summed E-state index contributed by atoms with van der Waals surface area (Å²) in [5, 5.41) is 48.9. The van der Waals surface area contributed by atoms with Gasteiger partial charge in [0.15, 0.2) is 6.29 Å². The van der Waals surface area contributed by atoms with Gasteiger partial charge >= 0.3 is 0 Å². The SMILES string of the molecule is [N-]=[N+]=N[C@H]1[C@@H](O[C@H]2[C@H](O)[C@H](O)[C@H](OCc3ccccc3)[C@@H](OCc3ccccc3)[C@@H]2OCc2ccccc2)O[C@H](CO)[C@@H](O)[C@@H]1OCc1ccccc1. The first kappa shape index (κ1) is 38.5. The van der Waals surface area contributed by atoms with Crippen molar-refractivity contribution in [2.45, 2.75) is 93.7 Å². The van der Waals surface area contributed by atoms with Gasteiger partial charge in [0.25, 0.3) is 0 Å². The number of ether oxygens (including phenoxy) is 6. The molecule has 0 amide bonds. The van der Waals surface area contributed by atoms with Crippen LogP contribution in [-0.2, 0) is 54.8 Å². The summed E-state index contributed by atoms with van der Waals surface area (Å²) in [6.45, 7) is -0.256. The van der Waals surface area contributed by atoms with E-state index in [0.29, 0.717) is 0 Å². The van der Waals surface area contributed by atoms with E-state index in [2.05, 4.69) is 10.0 Å². The van der Waals surface area contributed by atoms with E-state index in [1.54, 1.807) is 0 Å². The summed E-state index contributed by atoms with van der Waals surface area (Å²) in [5.74, 6) is 0. The fourth-order valence-corrected chi connectivity index (χ4v) is 6.65. The zero-order valence-electron chi connectivity index (χ0n) is 29.0. The average molecular weight is 728 g/mol. The first-order valence-electron chi connectivity index (χ1n) is 17.6. The first-order valence-corrected chi connectivity index (χ1v) is 17.6. The quantitative estimate of drug-likeness (QED) is 0.0741. The number of azide groups is 1. The second-order valence-corrected chi connectivity index (χ2v) is 13.0. The molecule has 4 N–H and O–H groups in total. The Kier molecular flexibility index (Phi) is 14.0. The van der Waals surface area contributed by atoms with Crippen LogP contribution >= 0.6 is 0 Å². The van der Waals surface area contributed by atoms with Crippen molar-refractivity contribution in [1.29, 1.82) is 0 Å². The highest BCUT2D eigenvalue weighted by Crippen LogP contribution is 2.36. The lowest BCUT2D eigenvalue weighted by molar-refractivity contribution is -0.331. The normalized spacial score (nSPS) is 30.0. The standard InChI is InChI=1S/C40H45N3O10/c41-43-42-31-35(48-22-26-13-5-1-6-14-26)32(45)30(21-44)52-40(31)53-37-34(47)33(46)36(49-23-27-15-7-2-8-16-27)38(50-24-28-17-9-3-10-18-28)39(37)51-25-29-19-11-4-12-20-29/h1-20,30-40,44-47H,21-25H2/t30-,31-,32-,33+,34-,35-,36+,37+,38-,39-,40-/m1/s1. The van der Waals surface area contributed by atoms with Gasteiger partial charge in [0.05, 0.1) is 39.1 Å². The largest absolute Gasteiger partial charge is 0.394 e. The number of benzene rings is 4. The number of aliphatic hydroxyl groups excluding tert-OH is 4. The first-order chi connectivity index (χ1) is 26.0. The van der Waals surface area contributed by atoms with Crippen LogP contribution in [0.2, 0.25) is 0 Å². The van der Waals surface area contributed by atoms with Crippen LogP contribution in [0.5, 0.6) is 0 Å². The molecule has 4 aromatic rings. The van der Waals surface area contributed by atoms with Crippen molar-refractivity contribution in [3.8, 4) is 0 Å². The summed E-state index contributed by atoms with van der Waals surface area (Å²) in [7, 11) is 0. The Bertz CT molecular complexity index is 1700. The second-order valence-electron chi connectivity index (χ2n) is 13.0. The molecule has 280 valence electrons. The van der Waals surface area contributed by atoms with Gasteiger partial charge in [-0.3, -0.25) is 0 Å². The van der Waals surface area contributed by atoms with E-state index in [1.165, 1.54) is 0 Å². The molecule has 1 aliphatic carbocycles. The zero-order chi connectivity index (χ0) is 37.0. The third-order valence-corrected chi connectivity index (χ3v) is 9.43. The van der Waals surface area contributed by atoms with Gasteiger partial charge in [-0.2, -0.15) is 0 Å². The van der Waals surface area contributed by atoms with Gasteiger partial charge < -0.3 is 48.8 Å². The molecule has 0 radical (unpaired) electrons. The Balaban J connectivity index is 1.33. The smallest absolute Gasteiger partial charge is 0.169 e. The summed E-state index contributed by atoms with van der Waals surface area (Å²) < 4.78 is 38.0. The molecule has 1 saturated heterocycles. The fraction of sp³-hybridized carbons (Fsp3) is 0.400. The van der Waals surface area contributed by atoms with Gasteiger partial charge in [0, 0.05) is 4.91 Å². The minimum atomic E-state index is -1.62. The highest BCUT2D eigenvalue weighted by atomic mass is 16.7. The minimum Gasteiger partial charge on any atom is -0.394 e. The van der Waals surface area contributed by atoms with E-state index in [1.807, 2.05) is 121 Å². The molecule has 2 fully saturated rings. The molecule has 11 atom stereocenters. The monoisotopic (exact) mass is 727 g/mol. The maximum atomic E-state index is 11.8. The molecular formula is C40H45N3O10. The Morgan fingerprint density at radius 3 is 1.32 bits per heavy atom. The van der Waals surface area contributed by atoms with Gasteiger partial charge in [0.1, 0.15) is 54.9 Å². The van der Waals surface area contributed by atoms with Crippen molar-refractivity contribution in [3.05, 3.63) is 154 Å². The zero-order valence-corrected chi connectivity index (χ0v) is 29.0. The Hall–Kier alpha value is -4.21. The number of nitrogens with zero attached hydrogens (tertiary/aromatic N) is 3. The van der Waals surface area contributed by atoms with Gasteiger partial charge in [-0.15, -0.1) is 0 Å². The Labute approximate surface area is 307 Å². The van der Waals surface area contributed by atoms with Gasteiger partial charge in [0.2, 0.25) is 0 Å². The summed E-state index contributed by atoms with van der Waals surface area (Å²) in [4.78, 5) is 2.99. The summed E-state index contributed by atoms with van der Waals surface area (Å²) >= 11 is 0. The predicted octanol–water partition coefficient (Wildman–Crippen LogP) is 4.21. The van der Waals surface area contributed by atoms with E-state index in [4.69, 9.17) is 28.4 Å². The van der Waals surface area contributed by atoms with Crippen LogP contribution in [0.25, 0.3) is 10.4 Å². The van der Waals surface area contributed by atoms with Crippen LogP contribution in [-0.4, -0.2) is 94.3 Å². The molecule has 1 saturated carbocycles. The van der Waals surface area contributed by atoms with Crippen LogP contribution in [0.3, 0.4) is 0 Å². The number of hydrogen-bond donors (Lipinski definition) is 4. The van der Waals surface area contributed by atoms with Gasteiger partial charge in [-0.05, 0) is 27.8 Å². The van der Waals surface area contributed by atoms with Crippen LogP contribution in [0.15, 0.2) is 126 Å². The topological polar surface area (TPSA) is 185 Å². The molecule has 1 aliphatic heterocycles. The van der Waals surface area contributed by atoms with E-state index < -0.39 is 73.9 Å². The van der Waals surface area contributed by atoms with Crippen LogP contribution in [0.4, 0.5) is 0 Å². The molecule has 4 aromatic carbocycles. The molecule has 0 spiro atoms. The number of rotatable bonds is 16. The molecular weight excluding hydrogens is 682 g/mol. The maximum Gasteiger partial charge on any atom is 0.169 e. The lowest BCUT2D eigenvalue weighted by Crippen LogP contribution is -2.68. The third-order valence-electron chi connectivity index (χ3n) is 9.43. The molecule has 6 rings (SSSR count). The molecule has 53 heavy (non-hydrogen) atoms. The predicted molar refractivity (Wildman–Crippen MR) is 192 cm³/mol. The van der Waals surface area contributed by atoms with E-state index in [9.17, 15) is 26.0 Å². The van der Waals surface area contributed by atoms with Crippen molar-refractivity contribution < 1.29 is 48.8 Å². The van der Waals surface area contributed by atoms with Crippen molar-refractivity contribution in [3.63, 3.8) is 0 Å². The third kappa shape index (κ3) is 9.86.